The van der Waals surface area contributed by atoms with E-state index < -0.39 is 0 Å². The van der Waals surface area contributed by atoms with E-state index in [1.54, 1.807) is 0 Å². The van der Waals surface area contributed by atoms with Crippen LogP contribution in [0.3, 0.4) is 0 Å². The van der Waals surface area contributed by atoms with Crippen molar-refractivity contribution in [3.63, 3.8) is 0 Å². The maximum Gasteiger partial charge on any atom is 0.227 e. The van der Waals surface area contributed by atoms with E-state index in [0.717, 1.165) is 77.8 Å². The fraction of sp³-hybridized carbons (Fsp3) is 0.696. The van der Waals surface area contributed by atoms with Gasteiger partial charge < -0.3 is 19.4 Å². The third-order valence-corrected chi connectivity index (χ3v) is 6.73. The second-order valence-electron chi connectivity index (χ2n) is 8.84. The average molecular weight is 430 g/mol. The number of anilines is 1. The summed E-state index contributed by atoms with van der Waals surface area (Å²) >= 11 is 0. The number of hydrogen-bond donors (Lipinski definition) is 0. The molecule has 3 fully saturated rings. The zero-order valence-corrected chi connectivity index (χ0v) is 18.7. The van der Waals surface area contributed by atoms with Crippen LogP contribution in [-0.2, 0) is 14.3 Å². The van der Waals surface area contributed by atoms with Gasteiger partial charge in [-0.15, -0.1) is 0 Å². The third-order valence-electron chi connectivity index (χ3n) is 6.73. The Labute approximate surface area is 185 Å². The number of rotatable bonds is 6. The molecule has 31 heavy (non-hydrogen) atoms. The number of piperidine rings is 1. The van der Waals surface area contributed by atoms with Crippen molar-refractivity contribution < 1.29 is 14.3 Å². The highest BCUT2D eigenvalue weighted by Crippen LogP contribution is 2.23. The largest absolute Gasteiger partial charge is 0.379 e. The quantitative estimate of drug-likeness (QED) is 0.672. The normalized spacial score (nSPS) is 23.3. The maximum absolute atomic E-state index is 13.2. The number of carbonyl (C=O) groups is 2. The average Bonchev–Trinajstić information content (AvgIpc) is 2.81. The molecule has 3 aliphatic heterocycles. The Morgan fingerprint density at radius 1 is 1.13 bits per heavy atom. The topological polar surface area (TPSA) is 69.2 Å². The van der Waals surface area contributed by atoms with E-state index in [9.17, 15) is 9.59 Å². The highest BCUT2D eigenvalue weighted by molar-refractivity contribution is 5.84. The second kappa shape index (κ2) is 10.4. The van der Waals surface area contributed by atoms with E-state index in [1.807, 2.05) is 22.1 Å². The van der Waals surface area contributed by atoms with Gasteiger partial charge in [0, 0.05) is 71.5 Å². The van der Waals surface area contributed by atoms with Crippen LogP contribution < -0.4 is 4.90 Å². The van der Waals surface area contributed by atoms with Crippen LogP contribution in [0.4, 0.5) is 5.82 Å². The number of nitrogens with zero attached hydrogens (tertiary/aromatic N) is 5. The lowest BCUT2D eigenvalue weighted by Crippen LogP contribution is -2.53. The van der Waals surface area contributed by atoms with Gasteiger partial charge in [0.25, 0.3) is 0 Å². The second-order valence-corrected chi connectivity index (χ2v) is 8.84. The highest BCUT2D eigenvalue weighted by atomic mass is 16.5. The number of likely N-dealkylation sites (tertiary alicyclic amines) is 1. The van der Waals surface area contributed by atoms with Crippen LogP contribution in [0, 0.1) is 12.8 Å². The summed E-state index contributed by atoms with van der Waals surface area (Å²) in [6.07, 6.45) is 3.94. The van der Waals surface area contributed by atoms with Crippen molar-refractivity contribution in [1.29, 1.82) is 0 Å². The number of pyridine rings is 1. The summed E-state index contributed by atoms with van der Waals surface area (Å²) in [6.45, 7) is 11.0. The van der Waals surface area contributed by atoms with Crippen LogP contribution in [0.25, 0.3) is 0 Å². The Morgan fingerprint density at radius 3 is 2.65 bits per heavy atom. The molecule has 1 aromatic rings. The van der Waals surface area contributed by atoms with E-state index in [-0.39, 0.29) is 17.7 Å². The van der Waals surface area contributed by atoms with E-state index in [1.165, 1.54) is 5.56 Å². The number of hydrogen-bond acceptors (Lipinski definition) is 6. The third kappa shape index (κ3) is 5.54. The van der Waals surface area contributed by atoms with Crippen molar-refractivity contribution in [2.45, 2.75) is 26.2 Å². The Hall–Kier alpha value is -2.19. The molecule has 0 aliphatic carbocycles. The van der Waals surface area contributed by atoms with Gasteiger partial charge in [0.15, 0.2) is 0 Å². The van der Waals surface area contributed by atoms with Crippen molar-refractivity contribution >= 4 is 17.6 Å². The number of morpholine rings is 1. The fourth-order valence-corrected chi connectivity index (χ4v) is 4.85. The van der Waals surface area contributed by atoms with Crippen LogP contribution in [0.1, 0.15) is 24.8 Å². The van der Waals surface area contributed by atoms with Gasteiger partial charge in [-0.05, 0) is 31.4 Å². The van der Waals surface area contributed by atoms with Crippen molar-refractivity contribution in [1.82, 2.24) is 19.7 Å². The Balaban J connectivity index is 1.24. The molecule has 170 valence electrons. The lowest BCUT2D eigenvalue weighted by Gasteiger charge is -2.39. The molecule has 8 heteroatoms. The first kappa shape index (κ1) is 22.0. The first-order valence-corrected chi connectivity index (χ1v) is 11.6. The minimum atomic E-state index is -0.0655. The van der Waals surface area contributed by atoms with E-state index >= 15 is 0 Å². The van der Waals surface area contributed by atoms with Crippen LogP contribution in [-0.4, -0.2) is 104 Å². The highest BCUT2D eigenvalue weighted by Gasteiger charge is 2.34. The maximum atomic E-state index is 13.2. The van der Waals surface area contributed by atoms with Crippen LogP contribution in [0.15, 0.2) is 18.3 Å². The molecule has 8 nitrogen and oxygen atoms in total. The number of piperazine rings is 1. The van der Waals surface area contributed by atoms with Gasteiger partial charge in [-0.2, -0.15) is 0 Å². The molecule has 3 saturated heterocycles. The molecular formula is C23H35N5O3. The number of carbonyl (C=O) groups excluding carboxylic acids is 2. The predicted molar refractivity (Wildman–Crippen MR) is 119 cm³/mol. The minimum absolute atomic E-state index is 0.0655. The molecule has 4 heterocycles. The predicted octanol–water partition coefficient (Wildman–Crippen LogP) is 1.000. The van der Waals surface area contributed by atoms with Gasteiger partial charge in [-0.3, -0.25) is 14.5 Å². The molecule has 1 atom stereocenters. The molecule has 3 aliphatic rings. The zero-order valence-electron chi connectivity index (χ0n) is 18.7. The summed E-state index contributed by atoms with van der Waals surface area (Å²) in [6, 6.07) is 4.03. The fourth-order valence-electron chi connectivity index (χ4n) is 4.85. The molecule has 1 unspecified atom stereocenters. The lowest BCUT2D eigenvalue weighted by molar-refractivity contribution is -0.143. The molecule has 0 N–H and O–H groups in total. The van der Waals surface area contributed by atoms with E-state index in [0.29, 0.717) is 19.4 Å². The Morgan fingerprint density at radius 2 is 1.90 bits per heavy atom. The van der Waals surface area contributed by atoms with Crippen molar-refractivity contribution in [3.05, 3.63) is 23.9 Å². The molecule has 2 amide bonds. The number of ether oxygens (including phenoxy) is 1. The van der Waals surface area contributed by atoms with Crippen molar-refractivity contribution in [2.24, 2.45) is 5.92 Å². The van der Waals surface area contributed by atoms with Gasteiger partial charge in [0.05, 0.1) is 19.1 Å². The van der Waals surface area contributed by atoms with Crippen molar-refractivity contribution in [2.75, 3.05) is 77.0 Å². The summed E-state index contributed by atoms with van der Waals surface area (Å²) in [4.78, 5) is 38.6. The summed E-state index contributed by atoms with van der Waals surface area (Å²) < 4.78 is 5.39. The zero-order chi connectivity index (χ0) is 21.6. The Bertz CT molecular complexity index is 759. The van der Waals surface area contributed by atoms with Gasteiger partial charge >= 0.3 is 0 Å². The van der Waals surface area contributed by atoms with E-state index in [2.05, 4.69) is 27.8 Å². The first-order chi connectivity index (χ1) is 15.1. The number of aromatic nitrogens is 1. The summed E-state index contributed by atoms with van der Waals surface area (Å²) in [7, 11) is 0. The van der Waals surface area contributed by atoms with E-state index in [4.69, 9.17) is 4.74 Å². The number of amides is 2. The molecule has 0 bridgehead atoms. The molecule has 0 spiro atoms. The SMILES string of the molecule is Cc1cccnc1N1CCN(C(=O)C2CCC(=O)N(CCCN3CCOCC3)C2)CC1. The number of aryl methyl sites for hydroxylation is 1. The van der Waals surface area contributed by atoms with Crippen LogP contribution in [0.5, 0.6) is 0 Å². The van der Waals surface area contributed by atoms with Gasteiger partial charge in [-0.25, -0.2) is 4.98 Å². The first-order valence-electron chi connectivity index (χ1n) is 11.6. The molecule has 1 aromatic heterocycles. The smallest absolute Gasteiger partial charge is 0.227 e. The minimum Gasteiger partial charge on any atom is -0.379 e. The van der Waals surface area contributed by atoms with Gasteiger partial charge in [-0.1, -0.05) is 6.07 Å². The van der Waals surface area contributed by atoms with Crippen LogP contribution in [0.2, 0.25) is 0 Å². The molecule has 4 rings (SSSR count). The Kier molecular flexibility index (Phi) is 7.40. The standard InChI is InChI=1S/C23H35N5O3/c1-19-4-2-7-24-22(19)26-10-12-27(13-11-26)23(30)20-5-6-21(29)28(18-20)9-3-8-25-14-16-31-17-15-25/h2,4,7,20H,3,5-6,8-18H2,1H3. The summed E-state index contributed by atoms with van der Waals surface area (Å²) in [5.41, 5.74) is 1.17. The molecular weight excluding hydrogens is 394 g/mol. The lowest BCUT2D eigenvalue weighted by atomic mass is 9.95. The summed E-state index contributed by atoms with van der Waals surface area (Å²) in [5.74, 6) is 1.36. The van der Waals surface area contributed by atoms with Crippen LogP contribution >= 0.6 is 0 Å². The molecule has 0 saturated carbocycles. The molecule has 0 aromatic carbocycles. The van der Waals surface area contributed by atoms with Gasteiger partial charge in [0.2, 0.25) is 11.8 Å². The molecule has 0 radical (unpaired) electrons. The van der Waals surface area contributed by atoms with Gasteiger partial charge in [0.1, 0.15) is 5.82 Å². The monoisotopic (exact) mass is 429 g/mol. The summed E-state index contributed by atoms with van der Waals surface area (Å²) in [5, 5.41) is 0. The van der Waals surface area contributed by atoms with Crippen molar-refractivity contribution in [3.8, 4) is 0 Å².